The largest absolute Gasteiger partial charge is 0.453 e. The van der Waals surface area contributed by atoms with Gasteiger partial charge >= 0.3 is 12.1 Å². The third-order valence-corrected chi connectivity index (χ3v) is 11.5. The first-order valence-electron chi connectivity index (χ1n) is 21.6. The minimum atomic E-state index is -1.16. The Kier molecular flexibility index (Phi) is 14.8. The van der Waals surface area contributed by atoms with E-state index in [0.29, 0.717) is 26.1 Å². The number of alkyl carbamates (subject to hydrolysis) is 1. The summed E-state index contributed by atoms with van der Waals surface area (Å²) in [6.07, 6.45) is 2.25. The molecule has 6 rings (SSSR count). The highest BCUT2D eigenvalue weighted by Crippen LogP contribution is 2.30. The van der Waals surface area contributed by atoms with Crippen molar-refractivity contribution in [3.8, 4) is 11.3 Å². The van der Waals surface area contributed by atoms with Gasteiger partial charge in [-0.1, -0.05) is 120 Å². The van der Waals surface area contributed by atoms with E-state index >= 15 is 0 Å². The molecule has 0 saturated carbocycles. The average Bonchev–Trinajstić information content (AvgIpc) is 3.60. The molecule has 332 valence electrons. The Hall–Kier alpha value is -6.34. The van der Waals surface area contributed by atoms with Gasteiger partial charge in [0.05, 0.1) is 30.5 Å². The van der Waals surface area contributed by atoms with E-state index in [-0.39, 0.29) is 24.8 Å². The molecule has 3 heterocycles. The SMILES string of the molecule is COC(=O)NC(C(=O)NC(Cc1ccc(-c2ccccn2)cc1)C(O)CC(Cc1ccccc1)NC(=O)[C@@H](N1CCN(Cc2ccnc3ccccc23)C1=O)C(C)(C)C)C(C)(C)C. The number of benzene rings is 3. The highest BCUT2D eigenvalue weighted by atomic mass is 16.5. The van der Waals surface area contributed by atoms with Crippen LogP contribution in [0.2, 0.25) is 0 Å². The molecule has 2 aromatic heterocycles. The number of pyridine rings is 2. The van der Waals surface area contributed by atoms with Crippen LogP contribution in [0.3, 0.4) is 0 Å². The molecule has 0 spiro atoms. The quantitative estimate of drug-likeness (QED) is 0.0830. The zero-order valence-corrected chi connectivity index (χ0v) is 37.4. The third-order valence-electron chi connectivity index (χ3n) is 11.5. The molecule has 5 aromatic rings. The molecular weight excluding hydrogens is 795 g/mol. The van der Waals surface area contributed by atoms with Crippen LogP contribution in [0.15, 0.2) is 116 Å². The zero-order valence-electron chi connectivity index (χ0n) is 37.4. The van der Waals surface area contributed by atoms with Crippen LogP contribution in [0, 0.1) is 10.8 Å². The average molecular weight is 856 g/mol. The molecular formula is C50H61N7O6. The lowest BCUT2D eigenvalue weighted by atomic mass is 9.84. The van der Waals surface area contributed by atoms with Gasteiger partial charge in [-0.3, -0.25) is 19.6 Å². The number of aliphatic hydroxyl groups excluding tert-OH is 1. The predicted molar refractivity (Wildman–Crippen MR) is 244 cm³/mol. The van der Waals surface area contributed by atoms with Crippen molar-refractivity contribution in [2.75, 3.05) is 20.2 Å². The number of nitrogens with one attached hydrogen (secondary N) is 3. The van der Waals surface area contributed by atoms with Crippen LogP contribution in [0.5, 0.6) is 0 Å². The second-order valence-corrected chi connectivity index (χ2v) is 18.5. The van der Waals surface area contributed by atoms with E-state index in [1.54, 1.807) is 22.2 Å². The molecule has 4 N–H and O–H groups in total. The number of methoxy groups -OCH3 is 1. The number of nitrogens with zero attached hydrogens (tertiary/aromatic N) is 4. The van der Waals surface area contributed by atoms with E-state index in [4.69, 9.17) is 4.74 Å². The van der Waals surface area contributed by atoms with Gasteiger partial charge in [0.1, 0.15) is 12.1 Å². The lowest BCUT2D eigenvalue weighted by Crippen LogP contribution is -2.59. The molecule has 5 amide bonds. The number of carbonyl (C=O) groups is 4. The molecule has 0 radical (unpaired) electrons. The standard InChI is InChI=1S/C50H61N7O6/c1-49(2,3)43(55-47(61)63-7)45(59)54-41(30-34-20-22-35(23-21-34)39-18-13-14-25-51-39)42(58)31-37(29-33-15-9-8-10-16-33)53-46(60)44(50(4,5)6)57-28-27-56(48(57)62)32-36-24-26-52-40-19-12-11-17-38(36)40/h8-26,37,41-44,58H,27-32H2,1-7H3,(H,53,60)(H,54,59)(H,55,61)/t37?,41?,42?,43?,44-/m1/s1. The Morgan fingerprint density at radius 1 is 0.730 bits per heavy atom. The normalized spacial score (nSPS) is 15.6. The lowest BCUT2D eigenvalue weighted by Gasteiger charge is -2.38. The summed E-state index contributed by atoms with van der Waals surface area (Å²) in [4.78, 5) is 67.8. The van der Waals surface area contributed by atoms with Crippen molar-refractivity contribution in [2.45, 2.75) is 97.6 Å². The molecule has 1 aliphatic heterocycles. The van der Waals surface area contributed by atoms with Crippen molar-refractivity contribution < 1.29 is 29.0 Å². The summed E-state index contributed by atoms with van der Waals surface area (Å²) >= 11 is 0. The Bertz CT molecular complexity index is 2320. The van der Waals surface area contributed by atoms with Crippen LogP contribution < -0.4 is 16.0 Å². The molecule has 1 aliphatic rings. The summed E-state index contributed by atoms with van der Waals surface area (Å²) in [5.41, 5.74) is 3.99. The minimum Gasteiger partial charge on any atom is -0.453 e. The number of ether oxygens (including phenoxy) is 1. The number of aliphatic hydroxyl groups is 1. The molecule has 1 fully saturated rings. The molecule has 13 nitrogen and oxygen atoms in total. The number of para-hydroxylation sites is 1. The number of amides is 5. The number of aromatic nitrogens is 2. The van der Waals surface area contributed by atoms with Gasteiger partial charge in [-0.2, -0.15) is 0 Å². The monoisotopic (exact) mass is 855 g/mol. The highest BCUT2D eigenvalue weighted by molar-refractivity contribution is 5.89. The Labute approximate surface area is 370 Å². The van der Waals surface area contributed by atoms with Gasteiger partial charge in [0, 0.05) is 49.0 Å². The maximum Gasteiger partial charge on any atom is 0.407 e. The van der Waals surface area contributed by atoms with Crippen LogP contribution in [-0.2, 0) is 33.7 Å². The Balaban J connectivity index is 1.26. The van der Waals surface area contributed by atoms with Crippen LogP contribution >= 0.6 is 0 Å². The molecule has 3 aromatic carbocycles. The van der Waals surface area contributed by atoms with Gasteiger partial charge in [-0.25, -0.2) is 9.59 Å². The fourth-order valence-corrected chi connectivity index (χ4v) is 8.32. The number of fused-ring (bicyclic) bond motifs is 1. The summed E-state index contributed by atoms with van der Waals surface area (Å²) in [7, 11) is 1.24. The first kappa shape index (κ1) is 46.2. The van der Waals surface area contributed by atoms with Gasteiger partial charge in [0.15, 0.2) is 0 Å². The molecule has 63 heavy (non-hydrogen) atoms. The molecule has 5 atom stereocenters. The van der Waals surface area contributed by atoms with Gasteiger partial charge in [-0.05, 0) is 71.0 Å². The summed E-state index contributed by atoms with van der Waals surface area (Å²) in [5.74, 6) is -0.823. The van der Waals surface area contributed by atoms with Crippen molar-refractivity contribution in [3.63, 3.8) is 0 Å². The molecule has 0 aliphatic carbocycles. The van der Waals surface area contributed by atoms with Crippen LogP contribution in [0.4, 0.5) is 9.59 Å². The van der Waals surface area contributed by atoms with Crippen molar-refractivity contribution >= 4 is 34.8 Å². The fraction of sp³-hybridized carbons (Fsp3) is 0.400. The van der Waals surface area contributed by atoms with E-state index in [2.05, 4.69) is 25.9 Å². The van der Waals surface area contributed by atoms with Gasteiger partial charge in [0.2, 0.25) is 11.8 Å². The summed E-state index contributed by atoms with van der Waals surface area (Å²) in [6, 6.07) is 29.4. The van der Waals surface area contributed by atoms with Gasteiger partial charge in [0.25, 0.3) is 0 Å². The Morgan fingerprint density at radius 2 is 1.41 bits per heavy atom. The molecule has 4 unspecified atom stereocenters. The Morgan fingerprint density at radius 3 is 2.08 bits per heavy atom. The molecule has 13 heteroatoms. The number of carbonyl (C=O) groups excluding carboxylic acids is 4. The van der Waals surface area contributed by atoms with Gasteiger partial charge in [-0.15, -0.1) is 0 Å². The van der Waals surface area contributed by atoms with Gasteiger partial charge < -0.3 is 35.6 Å². The van der Waals surface area contributed by atoms with Crippen molar-refractivity contribution in [3.05, 3.63) is 132 Å². The van der Waals surface area contributed by atoms with E-state index in [1.165, 1.54) is 7.11 Å². The van der Waals surface area contributed by atoms with Crippen molar-refractivity contribution in [1.82, 2.24) is 35.7 Å². The van der Waals surface area contributed by atoms with E-state index in [9.17, 15) is 24.3 Å². The summed E-state index contributed by atoms with van der Waals surface area (Å²) in [6.45, 7) is 12.5. The van der Waals surface area contributed by atoms with Crippen molar-refractivity contribution in [1.29, 1.82) is 0 Å². The van der Waals surface area contributed by atoms with E-state index in [1.807, 2.05) is 145 Å². The number of hydrogen-bond acceptors (Lipinski definition) is 8. The fourth-order valence-electron chi connectivity index (χ4n) is 8.32. The first-order valence-corrected chi connectivity index (χ1v) is 21.6. The minimum absolute atomic E-state index is 0.0638. The van der Waals surface area contributed by atoms with Crippen LogP contribution in [0.1, 0.15) is 64.7 Å². The second kappa shape index (κ2) is 20.2. The number of urea groups is 1. The topological polar surface area (TPSA) is 166 Å². The maximum atomic E-state index is 14.7. The number of hydrogen-bond donors (Lipinski definition) is 4. The lowest BCUT2D eigenvalue weighted by molar-refractivity contribution is -0.130. The van der Waals surface area contributed by atoms with E-state index < -0.39 is 53.1 Å². The third kappa shape index (κ3) is 12.0. The molecule has 1 saturated heterocycles. The molecule has 0 bridgehead atoms. The zero-order chi connectivity index (χ0) is 45.3. The van der Waals surface area contributed by atoms with Crippen molar-refractivity contribution in [2.24, 2.45) is 10.8 Å². The predicted octanol–water partition coefficient (Wildman–Crippen LogP) is 6.93. The summed E-state index contributed by atoms with van der Waals surface area (Å²) in [5, 5.41) is 22.2. The smallest absolute Gasteiger partial charge is 0.407 e. The summed E-state index contributed by atoms with van der Waals surface area (Å²) < 4.78 is 4.85. The van der Waals surface area contributed by atoms with Crippen LogP contribution in [0.25, 0.3) is 22.2 Å². The highest BCUT2D eigenvalue weighted by Gasteiger charge is 2.44. The van der Waals surface area contributed by atoms with E-state index in [0.717, 1.165) is 38.9 Å². The second-order valence-electron chi connectivity index (χ2n) is 18.5. The maximum absolute atomic E-state index is 14.7. The first-order chi connectivity index (χ1) is 30.0. The number of rotatable bonds is 16. The van der Waals surface area contributed by atoms with Crippen LogP contribution in [-0.4, -0.2) is 99.3 Å².